The highest BCUT2D eigenvalue weighted by molar-refractivity contribution is 5.94. The third kappa shape index (κ3) is 2.59. The molecular formula is C12H12N4O3. The van der Waals surface area contributed by atoms with Gasteiger partial charge < -0.3 is 15.4 Å². The maximum absolute atomic E-state index is 11.7. The molecule has 0 aliphatic heterocycles. The zero-order valence-electron chi connectivity index (χ0n) is 10.2. The normalized spacial score (nSPS) is 10.2. The van der Waals surface area contributed by atoms with Gasteiger partial charge in [0.1, 0.15) is 5.69 Å². The Balaban J connectivity index is 2.54. The Morgan fingerprint density at radius 1 is 1.47 bits per heavy atom. The van der Waals surface area contributed by atoms with E-state index in [1.54, 1.807) is 25.1 Å². The number of hydrogen-bond donors (Lipinski definition) is 3. The average Bonchev–Trinajstić information content (AvgIpc) is 2.43. The molecule has 0 atom stereocenters. The second-order valence-corrected chi connectivity index (χ2v) is 3.69. The molecule has 7 nitrogen and oxygen atoms in total. The number of carbonyl (C=O) groups excluding carboxylic acids is 1. The summed E-state index contributed by atoms with van der Waals surface area (Å²) in [5.74, 6) is -1.18. The van der Waals surface area contributed by atoms with Crippen molar-refractivity contribution in [1.29, 1.82) is 0 Å². The summed E-state index contributed by atoms with van der Waals surface area (Å²) in [5, 5.41) is 12.1. The van der Waals surface area contributed by atoms with Crippen LogP contribution < -0.4 is 10.9 Å². The molecule has 0 fully saturated rings. The molecule has 2 aromatic heterocycles. The second-order valence-electron chi connectivity index (χ2n) is 3.69. The molecule has 0 aliphatic rings. The number of pyridine rings is 1. The molecule has 0 unspecified atom stereocenters. The van der Waals surface area contributed by atoms with E-state index in [9.17, 15) is 14.7 Å². The molecule has 0 saturated carbocycles. The van der Waals surface area contributed by atoms with E-state index in [0.29, 0.717) is 12.2 Å². The van der Waals surface area contributed by atoms with Crippen molar-refractivity contribution in [2.24, 2.45) is 0 Å². The van der Waals surface area contributed by atoms with Crippen LogP contribution in [0.3, 0.4) is 0 Å². The van der Waals surface area contributed by atoms with Crippen molar-refractivity contribution >= 4 is 5.91 Å². The van der Waals surface area contributed by atoms with Crippen LogP contribution in [0.2, 0.25) is 0 Å². The first-order valence-electron chi connectivity index (χ1n) is 5.66. The molecule has 2 aromatic rings. The van der Waals surface area contributed by atoms with Gasteiger partial charge in [-0.15, -0.1) is 0 Å². The highest BCUT2D eigenvalue weighted by Crippen LogP contribution is 2.14. The van der Waals surface area contributed by atoms with Crippen LogP contribution in [0, 0.1) is 0 Å². The van der Waals surface area contributed by atoms with E-state index in [1.807, 2.05) is 0 Å². The number of rotatable bonds is 3. The fourth-order valence-corrected chi connectivity index (χ4v) is 1.49. The van der Waals surface area contributed by atoms with Crippen LogP contribution in [-0.2, 0) is 0 Å². The molecule has 0 aromatic carbocycles. The Morgan fingerprint density at radius 2 is 2.26 bits per heavy atom. The van der Waals surface area contributed by atoms with Crippen molar-refractivity contribution in [1.82, 2.24) is 20.3 Å². The predicted octanol–water partition coefficient (Wildman–Crippen LogP) is 0.287. The molecule has 3 N–H and O–H groups in total. The van der Waals surface area contributed by atoms with Crippen molar-refractivity contribution in [2.75, 3.05) is 6.54 Å². The van der Waals surface area contributed by atoms with Gasteiger partial charge >= 0.3 is 0 Å². The number of nitrogens with one attached hydrogen (secondary N) is 2. The SMILES string of the molecule is CCNC(=O)c1nc(-c2ccccn2)[nH]c(=O)c1O. The average molecular weight is 260 g/mol. The van der Waals surface area contributed by atoms with E-state index in [-0.39, 0.29) is 11.5 Å². The molecular weight excluding hydrogens is 248 g/mol. The Hall–Kier alpha value is -2.70. The van der Waals surface area contributed by atoms with Gasteiger partial charge in [0.2, 0.25) is 5.75 Å². The largest absolute Gasteiger partial charge is 0.501 e. The van der Waals surface area contributed by atoms with Gasteiger partial charge in [-0.2, -0.15) is 0 Å². The molecule has 7 heteroatoms. The minimum Gasteiger partial charge on any atom is -0.501 e. The lowest BCUT2D eigenvalue weighted by Gasteiger charge is -2.05. The molecule has 0 saturated heterocycles. The third-order valence-corrected chi connectivity index (χ3v) is 2.35. The Labute approximate surface area is 108 Å². The molecule has 98 valence electrons. The van der Waals surface area contributed by atoms with E-state index in [0.717, 1.165) is 0 Å². The summed E-state index contributed by atoms with van der Waals surface area (Å²) in [6.45, 7) is 2.09. The van der Waals surface area contributed by atoms with Crippen molar-refractivity contribution in [3.05, 3.63) is 40.4 Å². The number of aromatic hydroxyl groups is 1. The lowest BCUT2D eigenvalue weighted by atomic mass is 10.3. The summed E-state index contributed by atoms with van der Waals surface area (Å²) in [4.78, 5) is 33.6. The van der Waals surface area contributed by atoms with Crippen LogP contribution in [0.4, 0.5) is 0 Å². The number of carbonyl (C=O) groups is 1. The summed E-state index contributed by atoms with van der Waals surface area (Å²) < 4.78 is 0. The van der Waals surface area contributed by atoms with Crippen molar-refractivity contribution < 1.29 is 9.90 Å². The summed E-state index contributed by atoms with van der Waals surface area (Å²) in [6.07, 6.45) is 1.54. The zero-order valence-corrected chi connectivity index (χ0v) is 10.2. The van der Waals surface area contributed by atoms with Gasteiger partial charge in [-0.3, -0.25) is 14.6 Å². The molecule has 2 heterocycles. The van der Waals surface area contributed by atoms with Crippen LogP contribution in [0.25, 0.3) is 11.5 Å². The lowest BCUT2D eigenvalue weighted by molar-refractivity contribution is 0.0947. The minimum atomic E-state index is -0.781. The number of amides is 1. The van der Waals surface area contributed by atoms with Crippen LogP contribution >= 0.6 is 0 Å². The molecule has 2 rings (SSSR count). The number of hydrogen-bond acceptors (Lipinski definition) is 5. The zero-order chi connectivity index (χ0) is 13.8. The van der Waals surface area contributed by atoms with Crippen LogP contribution in [0.5, 0.6) is 5.75 Å². The van der Waals surface area contributed by atoms with Crippen molar-refractivity contribution in [3.8, 4) is 17.3 Å². The van der Waals surface area contributed by atoms with E-state index in [2.05, 4.69) is 20.3 Å². The van der Waals surface area contributed by atoms with E-state index in [1.165, 1.54) is 6.20 Å². The number of aromatic nitrogens is 3. The van der Waals surface area contributed by atoms with Gasteiger partial charge in [-0.1, -0.05) is 6.07 Å². The maximum Gasteiger partial charge on any atom is 0.294 e. The Kier molecular flexibility index (Phi) is 3.56. The molecule has 0 bridgehead atoms. The fraction of sp³-hybridized carbons (Fsp3) is 0.167. The smallest absolute Gasteiger partial charge is 0.294 e. The van der Waals surface area contributed by atoms with Gasteiger partial charge in [-0.25, -0.2) is 4.98 Å². The van der Waals surface area contributed by atoms with Gasteiger partial charge in [0.05, 0.1) is 0 Å². The monoisotopic (exact) mass is 260 g/mol. The van der Waals surface area contributed by atoms with Crippen LogP contribution in [-0.4, -0.2) is 32.5 Å². The molecule has 1 amide bonds. The quantitative estimate of drug-likeness (QED) is 0.735. The highest BCUT2D eigenvalue weighted by atomic mass is 16.3. The highest BCUT2D eigenvalue weighted by Gasteiger charge is 2.18. The van der Waals surface area contributed by atoms with Crippen LogP contribution in [0.1, 0.15) is 17.4 Å². The predicted molar refractivity (Wildman–Crippen MR) is 67.8 cm³/mol. The summed E-state index contributed by atoms with van der Waals surface area (Å²) in [7, 11) is 0. The number of H-pyrrole nitrogens is 1. The standard InChI is InChI=1S/C12H12N4O3/c1-2-13-11(18)8-9(17)12(19)16-10(15-8)7-5-3-4-6-14-7/h3-6,17H,2H2,1H3,(H,13,18)(H,15,16,19). The summed E-state index contributed by atoms with van der Waals surface area (Å²) >= 11 is 0. The lowest BCUT2D eigenvalue weighted by Crippen LogP contribution is -2.26. The maximum atomic E-state index is 11.7. The fourth-order valence-electron chi connectivity index (χ4n) is 1.49. The Morgan fingerprint density at radius 3 is 2.89 bits per heavy atom. The molecule has 0 aliphatic carbocycles. The van der Waals surface area contributed by atoms with Gasteiger partial charge in [0.15, 0.2) is 11.5 Å². The first-order valence-corrected chi connectivity index (χ1v) is 5.66. The topological polar surface area (TPSA) is 108 Å². The minimum absolute atomic E-state index is 0.129. The molecule has 0 radical (unpaired) electrons. The number of aromatic amines is 1. The third-order valence-electron chi connectivity index (χ3n) is 2.35. The van der Waals surface area contributed by atoms with E-state index < -0.39 is 17.2 Å². The van der Waals surface area contributed by atoms with Gasteiger partial charge in [0.25, 0.3) is 11.5 Å². The second kappa shape index (κ2) is 5.30. The van der Waals surface area contributed by atoms with Crippen molar-refractivity contribution in [3.63, 3.8) is 0 Å². The summed E-state index contributed by atoms with van der Waals surface area (Å²) in [6, 6.07) is 5.07. The Bertz CT molecular complexity index is 652. The molecule has 0 spiro atoms. The van der Waals surface area contributed by atoms with Crippen molar-refractivity contribution in [2.45, 2.75) is 6.92 Å². The van der Waals surface area contributed by atoms with Gasteiger partial charge in [-0.05, 0) is 19.1 Å². The first kappa shape index (κ1) is 12.7. The van der Waals surface area contributed by atoms with E-state index in [4.69, 9.17) is 0 Å². The first-order chi connectivity index (χ1) is 9.13. The number of nitrogens with zero attached hydrogens (tertiary/aromatic N) is 2. The summed E-state index contributed by atoms with van der Waals surface area (Å²) in [5.41, 5.74) is -0.687. The molecule has 19 heavy (non-hydrogen) atoms. The van der Waals surface area contributed by atoms with Gasteiger partial charge in [0, 0.05) is 12.7 Å². The van der Waals surface area contributed by atoms with Crippen LogP contribution in [0.15, 0.2) is 29.2 Å². The van der Waals surface area contributed by atoms with E-state index >= 15 is 0 Å².